The number of piperidine rings is 1. The van der Waals surface area contributed by atoms with Gasteiger partial charge in [0.25, 0.3) is 0 Å². The highest BCUT2D eigenvalue weighted by Gasteiger charge is 2.45. The van der Waals surface area contributed by atoms with Crippen molar-refractivity contribution >= 4 is 15.8 Å². The highest BCUT2D eigenvalue weighted by Crippen LogP contribution is 2.43. The molecule has 0 N–H and O–H groups in total. The maximum atomic E-state index is 13.4. The quantitative estimate of drug-likeness (QED) is 0.714. The molecule has 31 heavy (non-hydrogen) atoms. The first-order valence-electron chi connectivity index (χ1n) is 10.6. The van der Waals surface area contributed by atoms with E-state index in [1.54, 1.807) is 12.1 Å². The number of hydrogen-bond donors (Lipinski definition) is 0. The van der Waals surface area contributed by atoms with Crippen LogP contribution in [0.1, 0.15) is 51.9 Å². The van der Waals surface area contributed by atoms with Crippen LogP contribution in [0.5, 0.6) is 11.5 Å². The molecule has 0 aromatic heterocycles. The fourth-order valence-electron chi connectivity index (χ4n) is 4.46. The van der Waals surface area contributed by atoms with Gasteiger partial charge in [-0.15, -0.1) is 0 Å². The van der Waals surface area contributed by atoms with Crippen LogP contribution in [0.2, 0.25) is 0 Å². The molecular weight excluding hydrogens is 414 g/mol. The largest absolute Gasteiger partial charge is 0.495 e. The number of fused-ring (bicyclic) bond motifs is 1. The van der Waals surface area contributed by atoms with Crippen molar-refractivity contribution in [2.75, 3.05) is 20.2 Å². The number of sulfonamides is 1. The van der Waals surface area contributed by atoms with Crippen molar-refractivity contribution in [3.63, 3.8) is 0 Å². The Morgan fingerprint density at radius 1 is 1.00 bits per heavy atom. The van der Waals surface area contributed by atoms with Crippen LogP contribution in [0.25, 0.3) is 0 Å². The van der Waals surface area contributed by atoms with Crippen LogP contribution < -0.4 is 9.47 Å². The van der Waals surface area contributed by atoms with Gasteiger partial charge in [0.1, 0.15) is 22.0 Å². The number of Topliss-reactive ketones (excluding diaryl/α,β-unsaturated/α-hetero) is 1. The lowest BCUT2D eigenvalue weighted by Crippen LogP contribution is -2.52. The first kappa shape index (κ1) is 21.8. The van der Waals surface area contributed by atoms with E-state index in [0.717, 1.165) is 22.3 Å². The lowest BCUT2D eigenvalue weighted by Gasteiger charge is -2.44. The molecular formula is C24H29NO5S. The maximum Gasteiger partial charge on any atom is 0.246 e. The zero-order chi connectivity index (χ0) is 22.6. The second kappa shape index (κ2) is 7.64. The molecule has 0 unspecified atom stereocenters. The fraction of sp³-hybridized carbons (Fsp3) is 0.458. The number of hydrogen-bond acceptors (Lipinski definition) is 5. The Hall–Kier alpha value is -2.38. The van der Waals surface area contributed by atoms with Crippen LogP contribution in [0.3, 0.4) is 0 Å². The smallest absolute Gasteiger partial charge is 0.246 e. The summed E-state index contributed by atoms with van der Waals surface area (Å²) in [7, 11) is -2.24. The summed E-state index contributed by atoms with van der Waals surface area (Å²) in [5, 5.41) is 0. The third kappa shape index (κ3) is 3.64. The fourth-order valence-corrected chi connectivity index (χ4v) is 6.12. The minimum Gasteiger partial charge on any atom is -0.495 e. The molecule has 2 aromatic rings. The molecule has 1 fully saturated rings. The first-order valence-corrected chi connectivity index (χ1v) is 12.0. The Morgan fingerprint density at radius 2 is 1.65 bits per heavy atom. The lowest BCUT2D eigenvalue weighted by molar-refractivity contribution is 0.00531. The average molecular weight is 444 g/mol. The van der Waals surface area contributed by atoms with E-state index in [0.29, 0.717) is 43.0 Å². The summed E-state index contributed by atoms with van der Waals surface area (Å²) in [6.07, 6.45) is 1.22. The van der Waals surface area contributed by atoms with E-state index >= 15 is 0 Å². The summed E-state index contributed by atoms with van der Waals surface area (Å²) in [5.41, 5.74) is 3.90. The number of rotatable bonds is 3. The third-order valence-electron chi connectivity index (χ3n) is 6.81. The second-order valence-electron chi connectivity index (χ2n) is 8.76. The molecule has 4 rings (SSSR count). The Kier molecular flexibility index (Phi) is 5.38. The molecule has 0 saturated carbocycles. The number of ketones is 1. The first-order chi connectivity index (χ1) is 14.6. The molecule has 2 heterocycles. The summed E-state index contributed by atoms with van der Waals surface area (Å²) < 4.78 is 40.1. The topological polar surface area (TPSA) is 72.9 Å². The zero-order valence-corrected chi connectivity index (χ0v) is 19.6. The highest BCUT2D eigenvalue weighted by molar-refractivity contribution is 7.89. The van der Waals surface area contributed by atoms with Gasteiger partial charge in [-0.2, -0.15) is 4.31 Å². The Balaban J connectivity index is 1.60. The van der Waals surface area contributed by atoms with E-state index in [2.05, 4.69) is 0 Å². The van der Waals surface area contributed by atoms with Crippen molar-refractivity contribution in [2.24, 2.45) is 0 Å². The van der Waals surface area contributed by atoms with Gasteiger partial charge in [-0.3, -0.25) is 4.79 Å². The molecule has 0 bridgehead atoms. The number of carbonyl (C=O) groups excluding carboxylic acids is 1. The van der Waals surface area contributed by atoms with Crippen molar-refractivity contribution in [1.82, 2.24) is 4.31 Å². The number of methoxy groups -OCH3 is 1. The molecule has 2 aliphatic rings. The SMILES string of the molecule is COc1cc(C)c(C)cc1S(=O)(=O)N1CCC2(CC1)CC(=O)c1ccc(C)c(C)c1O2. The van der Waals surface area contributed by atoms with E-state index in [1.165, 1.54) is 11.4 Å². The molecule has 2 aliphatic heterocycles. The van der Waals surface area contributed by atoms with Gasteiger partial charge in [-0.1, -0.05) is 6.07 Å². The number of benzene rings is 2. The number of ether oxygens (including phenoxy) is 2. The van der Waals surface area contributed by atoms with Crippen molar-refractivity contribution < 1.29 is 22.7 Å². The molecule has 166 valence electrons. The van der Waals surface area contributed by atoms with Gasteiger partial charge < -0.3 is 9.47 Å². The standard InChI is InChI=1S/C24H29NO5S/c1-15-6-7-19-20(26)14-24(30-23(19)18(15)4)8-10-25(11-9-24)31(27,28)22-13-17(3)16(2)12-21(22)29-5/h6-7,12-13H,8-11,14H2,1-5H3. The van der Waals surface area contributed by atoms with E-state index in [-0.39, 0.29) is 17.1 Å². The van der Waals surface area contributed by atoms with Crippen molar-refractivity contribution in [3.8, 4) is 11.5 Å². The van der Waals surface area contributed by atoms with Crippen molar-refractivity contribution in [3.05, 3.63) is 52.1 Å². The van der Waals surface area contributed by atoms with Gasteiger partial charge in [0, 0.05) is 25.9 Å². The van der Waals surface area contributed by atoms with Crippen LogP contribution in [-0.4, -0.2) is 44.3 Å². The molecule has 0 radical (unpaired) electrons. The minimum absolute atomic E-state index is 0.0662. The van der Waals surface area contributed by atoms with Crippen LogP contribution in [0, 0.1) is 27.7 Å². The normalized spacial score (nSPS) is 18.5. The van der Waals surface area contributed by atoms with Gasteiger partial charge in [0.2, 0.25) is 10.0 Å². The maximum absolute atomic E-state index is 13.4. The molecule has 2 aromatic carbocycles. The Morgan fingerprint density at radius 3 is 2.29 bits per heavy atom. The minimum atomic E-state index is -3.72. The van der Waals surface area contributed by atoms with E-state index in [1.807, 2.05) is 39.8 Å². The van der Waals surface area contributed by atoms with E-state index < -0.39 is 15.6 Å². The van der Waals surface area contributed by atoms with Gasteiger partial charge in [-0.05, 0) is 68.1 Å². The predicted octanol–water partition coefficient (Wildman–Crippen LogP) is 4.12. The van der Waals surface area contributed by atoms with Gasteiger partial charge >= 0.3 is 0 Å². The second-order valence-corrected chi connectivity index (χ2v) is 10.7. The average Bonchev–Trinajstić information content (AvgIpc) is 2.73. The van der Waals surface area contributed by atoms with Gasteiger partial charge in [-0.25, -0.2) is 8.42 Å². The molecule has 0 aliphatic carbocycles. The van der Waals surface area contributed by atoms with Crippen molar-refractivity contribution in [1.29, 1.82) is 0 Å². The summed E-state index contributed by atoms with van der Waals surface area (Å²) in [6.45, 7) is 8.38. The van der Waals surface area contributed by atoms with Gasteiger partial charge in [0.15, 0.2) is 5.78 Å². The molecule has 6 nitrogen and oxygen atoms in total. The zero-order valence-electron chi connectivity index (χ0n) is 18.7. The molecule has 1 saturated heterocycles. The Labute approximate surface area is 184 Å². The number of carbonyl (C=O) groups is 1. The summed E-state index contributed by atoms with van der Waals surface area (Å²) in [4.78, 5) is 13.0. The number of aryl methyl sites for hydroxylation is 3. The van der Waals surface area contributed by atoms with Crippen molar-refractivity contribution in [2.45, 2.75) is 57.5 Å². The van der Waals surface area contributed by atoms with Crippen LogP contribution in [0.4, 0.5) is 0 Å². The number of nitrogens with zero attached hydrogens (tertiary/aromatic N) is 1. The summed E-state index contributed by atoms with van der Waals surface area (Å²) in [5.74, 6) is 1.08. The Bertz CT molecular complexity index is 1160. The van der Waals surface area contributed by atoms with Crippen LogP contribution >= 0.6 is 0 Å². The third-order valence-corrected chi connectivity index (χ3v) is 8.73. The van der Waals surface area contributed by atoms with Crippen LogP contribution in [-0.2, 0) is 10.0 Å². The monoisotopic (exact) mass is 443 g/mol. The molecule has 0 amide bonds. The van der Waals surface area contributed by atoms with E-state index in [9.17, 15) is 13.2 Å². The molecule has 1 spiro atoms. The lowest BCUT2D eigenvalue weighted by atomic mass is 9.82. The van der Waals surface area contributed by atoms with Crippen LogP contribution in [0.15, 0.2) is 29.2 Å². The summed E-state index contributed by atoms with van der Waals surface area (Å²) in [6, 6.07) is 7.22. The van der Waals surface area contributed by atoms with E-state index in [4.69, 9.17) is 9.47 Å². The predicted molar refractivity (Wildman–Crippen MR) is 119 cm³/mol. The molecule has 7 heteroatoms. The summed E-state index contributed by atoms with van der Waals surface area (Å²) >= 11 is 0. The molecule has 0 atom stereocenters. The van der Waals surface area contributed by atoms with Gasteiger partial charge in [0.05, 0.1) is 19.1 Å². The highest BCUT2D eigenvalue weighted by atomic mass is 32.2.